The molecular weight excluding hydrogens is 188 g/mol. The van der Waals surface area contributed by atoms with Crippen LogP contribution in [0.1, 0.15) is 26.2 Å². The second-order valence-corrected chi connectivity index (χ2v) is 5.01. The maximum atomic E-state index is 5.42. The number of hydrogen-bond donors (Lipinski definition) is 2. The van der Waals surface area contributed by atoms with E-state index in [1.165, 1.54) is 38.9 Å². The molecule has 0 saturated carbocycles. The molecule has 2 rings (SSSR count). The van der Waals surface area contributed by atoms with Crippen molar-refractivity contribution in [2.45, 2.75) is 32.2 Å². The first-order valence-electron chi connectivity index (χ1n) is 6.38. The van der Waals surface area contributed by atoms with E-state index in [-0.39, 0.29) is 0 Å². The van der Waals surface area contributed by atoms with Gasteiger partial charge < -0.3 is 15.4 Å². The largest absolute Gasteiger partial charge is 0.381 e. The van der Waals surface area contributed by atoms with Gasteiger partial charge in [-0.2, -0.15) is 0 Å². The molecular formula is C12H24N2O. The van der Waals surface area contributed by atoms with Crippen molar-refractivity contribution < 1.29 is 4.74 Å². The molecule has 0 aliphatic carbocycles. The minimum absolute atomic E-state index is 0.627. The zero-order valence-corrected chi connectivity index (χ0v) is 9.80. The number of hydrogen-bond acceptors (Lipinski definition) is 3. The van der Waals surface area contributed by atoms with Gasteiger partial charge in [0.25, 0.3) is 0 Å². The first-order valence-corrected chi connectivity index (χ1v) is 6.38. The molecule has 0 amide bonds. The van der Waals surface area contributed by atoms with Crippen LogP contribution in [-0.2, 0) is 4.74 Å². The van der Waals surface area contributed by atoms with Crippen LogP contribution in [0.3, 0.4) is 0 Å². The predicted molar refractivity (Wildman–Crippen MR) is 62.0 cm³/mol. The highest BCUT2D eigenvalue weighted by Crippen LogP contribution is 2.17. The summed E-state index contributed by atoms with van der Waals surface area (Å²) in [7, 11) is 0. The molecule has 2 unspecified atom stereocenters. The van der Waals surface area contributed by atoms with Crippen molar-refractivity contribution in [3.05, 3.63) is 0 Å². The summed E-state index contributed by atoms with van der Waals surface area (Å²) in [6, 6.07) is 0.627. The molecule has 0 aromatic rings. The highest BCUT2D eigenvalue weighted by Gasteiger charge is 2.22. The van der Waals surface area contributed by atoms with Gasteiger partial charge in [-0.25, -0.2) is 0 Å². The minimum atomic E-state index is 0.627. The lowest BCUT2D eigenvalue weighted by atomic mass is 9.96. The van der Waals surface area contributed by atoms with Crippen LogP contribution >= 0.6 is 0 Å². The quantitative estimate of drug-likeness (QED) is 0.729. The Morgan fingerprint density at radius 2 is 2.13 bits per heavy atom. The SMILES string of the molecule is CC(NCC1CCNCC1)C1CCOC1. The minimum Gasteiger partial charge on any atom is -0.381 e. The first-order chi connectivity index (χ1) is 7.36. The average molecular weight is 212 g/mol. The van der Waals surface area contributed by atoms with E-state index in [0.29, 0.717) is 6.04 Å². The zero-order valence-electron chi connectivity index (χ0n) is 9.80. The highest BCUT2D eigenvalue weighted by molar-refractivity contribution is 4.78. The molecule has 2 atom stereocenters. The van der Waals surface area contributed by atoms with Crippen molar-refractivity contribution in [2.75, 3.05) is 32.8 Å². The lowest BCUT2D eigenvalue weighted by Crippen LogP contribution is -2.40. The molecule has 2 fully saturated rings. The predicted octanol–water partition coefficient (Wildman–Crippen LogP) is 1.00. The fourth-order valence-electron chi connectivity index (χ4n) is 2.55. The Kier molecular flexibility index (Phi) is 4.42. The molecule has 2 N–H and O–H groups in total. The summed E-state index contributed by atoms with van der Waals surface area (Å²) < 4.78 is 5.42. The van der Waals surface area contributed by atoms with Crippen LogP contribution in [0.4, 0.5) is 0 Å². The van der Waals surface area contributed by atoms with Gasteiger partial charge in [0.15, 0.2) is 0 Å². The van der Waals surface area contributed by atoms with E-state index < -0.39 is 0 Å². The van der Waals surface area contributed by atoms with Gasteiger partial charge in [0, 0.05) is 12.6 Å². The summed E-state index contributed by atoms with van der Waals surface area (Å²) in [6.07, 6.45) is 3.90. The van der Waals surface area contributed by atoms with Gasteiger partial charge >= 0.3 is 0 Å². The second kappa shape index (κ2) is 5.83. The maximum absolute atomic E-state index is 5.42. The lowest BCUT2D eigenvalue weighted by Gasteiger charge is -2.26. The fourth-order valence-corrected chi connectivity index (χ4v) is 2.55. The zero-order chi connectivity index (χ0) is 10.5. The van der Waals surface area contributed by atoms with E-state index in [4.69, 9.17) is 4.74 Å². The molecule has 88 valence electrons. The third kappa shape index (κ3) is 3.44. The van der Waals surface area contributed by atoms with Crippen molar-refractivity contribution in [3.8, 4) is 0 Å². The molecule has 0 bridgehead atoms. The van der Waals surface area contributed by atoms with Crippen LogP contribution in [0.2, 0.25) is 0 Å². The molecule has 0 aromatic carbocycles. The van der Waals surface area contributed by atoms with Crippen molar-refractivity contribution in [2.24, 2.45) is 11.8 Å². The van der Waals surface area contributed by atoms with E-state index in [9.17, 15) is 0 Å². The van der Waals surface area contributed by atoms with Crippen LogP contribution in [0.25, 0.3) is 0 Å². The van der Waals surface area contributed by atoms with E-state index in [2.05, 4.69) is 17.6 Å². The molecule has 2 heterocycles. The average Bonchev–Trinajstić information content (AvgIpc) is 2.81. The second-order valence-electron chi connectivity index (χ2n) is 5.01. The third-order valence-electron chi connectivity index (χ3n) is 3.86. The summed E-state index contributed by atoms with van der Waals surface area (Å²) in [4.78, 5) is 0. The highest BCUT2D eigenvalue weighted by atomic mass is 16.5. The normalized spacial score (nSPS) is 30.6. The van der Waals surface area contributed by atoms with Crippen LogP contribution in [-0.4, -0.2) is 38.9 Å². The summed E-state index contributed by atoms with van der Waals surface area (Å²) in [5.41, 5.74) is 0. The monoisotopic (exact) mass is 212 g/mol. The lowest BCUT2D eigenvalue weighted by molar-refractivity contribution is 0.177. The molecule has 3 heteroatoms. The van der Waals surface area contributed by atoms with Gasteiger partial charge in [-0.1, -0.05) is 0 Å². The Balaban J connectivity index is 1.63. The topological polar surface area (TPSA) is 33.3 Å². The summed E-state index contributed by atoms with van der Waals surface area (Å²) >= 11 is 0. The van der Waals surface area contributed by atoms with Crippen LogP contribution in [0.5, 0.6) is 0 Å². The van der Waals surface area contributed by atoms with E-state index in [1.54, 1.807) is 0 Å². The van der Waals surface area contributed by atoms with E-state index in [1.807, 2.05) is 0 Å². The number of ether oxygens (including phenoxy) is 1. The Morgan fingerprint density at radius 3 is 2.80 bits per heavy atom. The molecule has 0 aromatic heterocycles. The van der Waals surface area contributed by atoms with Crippen LogP contribution in [0.15, 0.2) is 0 Å². The molecule has 2 aliphatic heterocycles. The maximum Gasteiger partial charge on any atom is 0.0509 e. The van der Waals surface area contributed by atoms with Crippen molar-refractivity contribution >= 4 is 0 Å². The molecule has 2 saturated heterocycles. The molecule has 0 spiro atoms. The van der Waals surface area contributed by atoms with Crippen LogP contribution in [0, 0.1) is 11.8 Å². The third-order valence-corrected chi connectivity index (χ3v) is 3.86. The van der Waals surface area contributed by atoms with Gasteiger partial charge in [-0.05, 0) is 57.7 Å². The van der Waals surface area contributed by atoms with Crippen molar-refractivity contribution in [1.82, 2.24) is 10.6 Å². The van der Waals surface area contributed by atoms with Crippen LogP contribution < -0.4 is 10.6 Å². The standard InChI is InChI=1S/C12H24N2O/c1-10(12-4-7-15-9-12)14-8-11-2-5-13-6-3-11/h10-14H,2-9H2,1H3. The Bertz CT molecular complexity index is 174. The molecule has 2 aliphatic rings. The fraction of sp³-hybridized carbons (Fsp3) is 1.00. The first kappa shape index (κ1) is 11.4. The molecule has 0 radical (unpaired) electrons. The smallest absolute Gasteiger partial charge is 0.0509 e. The van der Waals surface area contributed by atoms with Crippen molar-refractivity contribution in [3.63, 3.8) is 0 Å². The summed E-state index contributed by atoms with van der Waals surface area (Å²) in [6.45, 7) is 7.82. The van der Waals surface area contributed by atoms with Gasteiger partial charge in [0.05, 0.1) is 6.61 Å². The Morgan fingerprint density at radius 1 is 1.33 bits per heavy atom. The number of nitrogens with one attached hydrogen (secondary N) is 2. The van der Waals surface area contributed by atoms with E-state index in [0.717, 1.165) is 25.0 Å². The number of rotatable bonds is 4. The van der Waals surface area contributed by atoms with Gasteiger partial charge in [-0.3, -0.25) is 0 Å². The number of piperidine rings is 1. The Labute approximate surface area is 93.0 Å². The van der Waals surface area contributed by atoms with E-state index >= 15 is 0 Å². The Hall–Kier alpha value is -0.120. The summed E-state index contributed by atoms with van der Waals surface area (Å²) in [5.74, 6) is 1.63. The molecule has 15 heavy (non-hydrogen) atoms. The molecule has 3 nitrogen and oxygen atoms in total. The van der Waals surface area contributed by atoms with Gasteiger partial charge in [0.1, 0.15) is 0 Å². The van der Waals surface area contributed by atoms with Gasteiger partial charge in [-0.15, -0.1) is 0 Å². The summed E-state index contributed by atoms with van der Waals surface area (Å²) in [5, 5.41) is 7.10. The van der Waals surface area contributed by atoms with Gasteiger partial charge in [0.2, 0.25) is 0 Å². The van der Waals surface area contributed by atoms with Crippen molar-refractivity contribution in [1.29, 1.82) is 0 Å².